The number of rotatable bonds is 8. The number of alkyl carbamates (subject to hydrolysis) is 1. The number of aromatic nitrogens is 2. The minimum absolute atomic E-state index is 0.0270. The summed E-state index contributed by atoms with van der Waals surface area (Å²) >= 11 is 0. The quantitative estimate of drug-likeness (QED) is 0.330. The Morgan fingerprint density at radius 2 is 1.87 bits per heavy atom. The second-order valence-electron chi connectivity index (χ2n) is 16.5. The maximum absolute atomic E-state index is 14.7. The molecule has 0 radical (unpaired) electrons. The van der Waals surface area contributed by atoms with Crippen molar-refractivity contribution in [3.05, 3.63) is 36.5 Å². The van der Waals surface area contributed by atoms with Gasteiger partial charge in [0.1, 0.15) is 46.5 Å². The molecule has 0 bridgehead atoms. The van der Waals surface area contributed by atoms with Crippen molar-refractivity contribution in [2.24, 2.45) is 17.8 Å². The van der Waals surface area contributed by atoms with E-state index in [2.05, 4.69) is 25.3 Å². The van der Waals surface area contributed by atoms with Gasteiger partial charge in [0.05, 0.1) is 30.9 Å². The van der Waals surface area contributed by atoms with Gasteiger partial charge in [-0.05, 0) is 83.3 Å². The normalized spacial score (nSPS) is 30.1. The summed E-state index contributed by atoms with van der Waals surface area (Å²) in [5.74, 6) is -2.33. The van der Waals surface area contributed by atoms with Crippen LogP contribution in [0.3, 0.4) is 0 Å². The molecule has 2 saturated carbocycles. The van der Waals surface area contributed by atoms with Gasteiger partial charge in [-0.3, -0.25) is 19.1 Å². The van der Waals surface area contributed by atoms with Crippen molar-refractivity contribution in [3.8, 4) is 11.6 Å². The molecule has 1 unspecified atom stereocenters. The van der Waals surface area contributed by atoms with Gasteiger partial charge in [0.15, 0.2) is 0 Å². The highest BCUT2D eigenvalue weighted by Crippen LogP contribution is 2.48. The summed E-state index contributed by atoms with van der Waals surface area (Å²) in [5.41, 5.74) is -1.41. The van der Waals surface area contributed by atoms with Gasteiger partial charge in [-0.1, -0.05) is 26.0 Å². The molecule has 17 heteroatoms. The first-order valence-corrected chi connectivity index (χ1v) is 20.3. The van der Waals surface area contributed by atoms with Gasteiger partial charge < -0.3 is 29.7 Å². The number of methoxy groups -OCH3 is 1. The Hall–Kier alpha value is -4.54. The van der Waals surface area contributed by atoms with Crippen LogP contribution in [0.5, 0.6) is 11.6 Å². The summed E-state index contributed by atoms with van der Waals surface area (Å²) in [6.07, 6.45) is 5.72. The van der Waals surface area contributed by atoms with E-state index in [0.717, 1.165) is 6.42 Å². The number of amides is 4. The molecular weight excluding hydrogens is 736 g/mol. The molecule has 4 amide bonds. The highest BCUT2D eigenvalue weighted by atomic mass is 32.2. The summed E-state index contributed by atoms with van der Waals surface area (Å²) in [5, 5.41) is 5.58. The highest BCUT2D eigenvalue weighted by Gasteiger charge is 2.64. The fourth-order valence-corrected chi connectivity index (χ4v) is 8.94. The standard InChI is InChI=1S/C38H51FN6O9S/c1-22-9-7-8-10-24-18-38(24,34(48)44-55(50,51)37(21-39)13-14-37)43-32(46)29-17-26(53-30-19-40-27-12-11-25(52-6)16-28(27)41-30)20-45(29)33(47)31(23(2)15-22)42-35(49)54-36(3,4)5/h8,10-12,16,19,22-24,26,29,31H,7,9,13-15,17-18,20-21H2,1-6H3,(H,42,49)(H,43,46)(H,44,48)/b10-8-/t22-,23-,24?,26-,29+,31+,38-/m1/s1. The first-order chi connectivity index (χ1) is 25.9. The Bertz CT molecular complexity index is 1970. The van der Waals surface area contributed by atoms with Crippen molar-refractivity contribution in [1.29, 1.82) is 0 Å². The molecular formula is C38H51FN6O9S. The van der Waals surface area contributed by atoms with Crippen LogP contribution in [0.25, 0.3) is 11.0 Å². The monoisotopic (exact) mass is 786 g/mol. The van der Waals surface area contributed by atoms with E-state index < -0.39 is 80.5 Å². The average molecular weight is 787 g/mol. The zero-order valence-electron chi connectivity index (χ0n) is 32.1. The topological polar surface area (TPSA) is 195 Å². The number of ether oxygens (including phenoxy) is 3. The first-order valence-electron chi connectivity index (χ1n) is 18.8. The van der Waals surface area contributed by atoms with E-state index in [0.29, 0.717) is 29.6 Å². The molecule has 6 rings (SSSR count). The lowest BCUT2D eigenvalue weighted by atomic mass is 9.88. The van der Waals surface area contributed by atoms with E-state index in [1.807, 2.05) is 19.9 Å². The Morgan fingerprint density at radius 3 is 2.55 bits per heavy atom. The van der Waals surface area contributed by atoms with Crippen LogP contribution in [0.2, 0.25) is 0 Å². The van der Waals surface area contributed by atoms with Gasteiger partial charge in [0.25, 0.3) is 5.91 Å². The van der Waals surface area contributed by atoms with Crippen LogP contribution < -0.4 is 24.8 Å². The highest BCUT2D eigenvalue weighted by molar-refractivity contribution is 7.91. The lowest BCUT2D eigenvalue weighted by molar-refractivity contribution is -0.142. The Kier molecular flexibility index (Phi) is 11.1. The zero-order chi connectivity index (χ0) is 39.9. The van der Waals surface area contributed by atoms with Gasteiger partial charge >= 0.3 is 6.09 Å². The number of nitrogens with zero attached hydrogens (tertiary/aromatic N) is 3. The third kappa shape index (κ3) is 8.65. The van der Waals surface area contributed by atoms with E-state index in [1.165, 1.54) is 18.2 Å². The second kappa shape index (κ2) is 15.2. The molecule has 15 nitrogen and oxygen atoms in total. The Balaban J connectivity index is 1.33. The number of halogens is 1. The summed E-state index contributed by atoms with van der Waals surface area (Å²) in [4.78, 5) is 66.4. The SMILES string of the molecule is COc1ccc2ncc(O[C@@H]3C[C@H]4C(=O)N[C@]5(C(=O)NS(=O)(=O)C6(CF)CC6)CC5/C=C\CC[C@@H](C)C[C@@H](C)[C@H](NC(=O)OC(C)(C)C)C(=O)N4C3)nc2c1. The van der Waals surface area contributed by atoms with Gasteiger partial charge in [-0.25, -0.2) is 27.6 Å². The number of fused-ring (bicyclic) bond motifs is 3. The molecule has 7 atom stereocenters. The maximum Gasteiger partial charge on any atom is 0.408 e. The van der Waals surface area contributed by atoms with E-state index in [9.17, 15) is 32.0 Å². The van der Waals surface area contributed by atoms with Crippen LogP contribution >= 0.6 is 0 Å². The predicted molar refractivity (Wildman–Crippen MR) is 199 cm³/mol. The van der Waals surface area contributed by atoms with Crippen molar-refractivity contribution in [2.75, 3.05) is 20.3 Å². The second-order valence-corrected chi connectivity index (χ2v) is 18.6. The Morgan fingerprint density at radius 1 is 1.13 bits per heavy atom. The third-order valence-corrected chi connectivity index (χ3v) is 13.1. The lowest BCUT2D eigenvalue weighted by Gasteiger charge is -2.33. The summed E-state index contributed by atoms with van der Waals surface area (Å²) in [6.45, 7) is 7.82. The molecule has 3 N–H and O–H groups in total. The number of carbonyl (C=O) groups excluding carboxylic acids is 4. The minimum Gasteiger partial charge on any atom is -0.497 e. The molecule has 55 heavy (non-hydrogen) atoms. The number of sulfonamides is 1. The molecule has 1 saturated heterocycles. The number of benzene rings is 1. The largest absolute Gasteiger partial charge is 0.497 e. The van der Waals surface area contributed by atoms with Gasteiger partial charge in [-0.2, -0.15) is 0 Å². The van der Waals surface area contributed by atoms with Crippen LogP contribution in [0.15, 0.2) is 36.5 Å². The molecule has 300 valence electrons. The molecule has 0 spiro atoms. The van der Waals surface area contributed by atoms with Gasteiger partial charge in [0, 0.05) is 18.4 Å². The fourth-order valence-electron chi connectivity index (χ4n) is 7.51. The number of hydrogen-bond acceptors (Lipinski definition) is 11. The number of alkyl halides is 1. The van der Waals surface area contributed by atoms with Crippen molar-refractivity contribution in [1.82, 2.24) is 30.2 Å². The number of carbonyl (C=O) groups is 4. The van der Waals surface area contributed by atoms with Crippen LogP contribution in [-0.4, -0.2) is 102 Å². The summed E-state index contributed by atoms with van der Waals surface area (Å²) in [7, 11) is -2.85. The van der Waals surface area contributed by atoms with E-state index >= 15 is 0 Å². The van der Waals surface area contributed by atoms with E-state index in [1.54, 1.807) is 45.0 Å². The summed E-state index contributed by atoms with van der Waals surface area (Å²) < 4.78 is 57.6. The van der Waals surface area contributed by atoms with Crippen molar-refractivity contribution < 1.29 is 46.2 Å². The first kappa shape index (κ1) is 40.1. The minimum atomic E-state index is -4.38. The molecule has 3 fully saturated rings. The van der Waals surface area contributed by atoms with Crippen molar-refractivity contribution in [3.63, 3.8) is 0 Å². The molecule has 3 heterocycles. The molecule has 2 aromatic rings. The summed E-state index contributed by atoms with van der Waals surface area (Å²) in [6, 6.07) is 2.91. The lowest BCUT2D eigenvalue weighted by Crippen LogP contribution is -2.59. The fraction of sp³-hybridized carbons (Fsp3) is 0.632. The predicted octanol–water partition coefficient (Wildman–Crippen LogP) is 3.72. The van der Waals surface area contributed by atoms with Gasteiger partial charge in [-0.15, -0.1) is 0 Å². The van der Waals surface area contributed by atoms with Gasteiger partial charge in [0.2, 0.25) is 27.7 Å². The van der Waals surface area contributed by atoms with Crippen LogP contribution in [0.1, 0.15) is 79.6 Å². The van der Waals surface area contributed by atoms with Crippen molar-refractivity contribution >= 4 is 44.9 Å². The Labute approximate surface area is 320 Å². The molecule has 1 aromatic carbocycles. The molecule has 2 aliphatic carbocycles. The third-order valence-electron chi connectivity index (χ3n) is 11.0. The average Bonchev–Trinajstić information content (AvgIpc) is 4.02. The van der Waals surface area contributed by atoms with E-state index in [-0.39, 0.29) is 49.9 Å². The smallest absolute Gasteiger partial charge is 0.408 e. The molecule has 2 aliphatic heterocycles. The van der Waals surface area contributed by atoms with Crippen LogP contribution in [0, 0.1) is 17.8 Å². The van der Waals surface area contributed by atoms with Crippen LogP contribution in [-0.2, 0) is 29.1 Å². The molecule has 4 aliphatic rings. The van der Waals surface area contributed by atoms with Crippen molar-refractivity contribution in [2.45, 2.75) is 114 Å². The number of hydrogen-bond donors (Lipinski definition) is 3. The maximum atomic E-state index is 14.7. The number of allylic oxidation sites excluding steroid dienone is 1. The van der Waals surface area contributed by atoms with Crippen LogP contribution in [0.4, 0.5) is 9.18 Å². The van der Waals surface area contributed by atoms with E-state index in [4.69, 9.17) is 14.2 Å². The number of nitrogens with one attached hydrogen (secondary N) is 3. The molecule has 1 aromatic heterocycles. The zero-order valence-corrected chi connectivity index (χ0v) is 32.9.